The molecular formula is C34H38F2N6O3. The standard InChI is InChI=1S/C34H38F2N6O3/c1-34(2)33-40-31(24-9-11-25(35)12-10-24)32(39-27-15-13-26(36)14-16-27)41(33)20-21-42(34)30(45)22-38-29(44)18-19-37-28(43)17-8-23-6-4-3-5-7-23/h3-7,9-16,28,37,39,43H,8,17-22H2,1-2H3,(H,38,44). The summed E-state index contributed by atoms with van der Waals surface area (Å²) in [7, 11) is 0. The summed E-state index contributed by atoms with van der Waals surface area (Å²) in [6.45, 7) is 4.66. The maximum Gasteiger partial charge on any atom is 0.242 e. The smallest absolute Gasteiger partial charge is 0.242 e. The fourth-order valence-electron chi connectivity index (χ4n) is 5.54. The van der Waals surface area contributed by atoms with Gasteiger partial charge in [0.25, 0.3) is 0 Å². The molecule has 236 valence electrons. The van der Waals surface area contributed by atoms with Crippen LogP contribution in [0.25, 0.3) is 11.3 Å². The van der Waals surface area contributed by atoms with Gasteiger partial charge in [-0.15, -0.1) is 0 Å². The second-order valence-corrected chi connectivity index (χ2v) is 11.5. The topological polar surface area (TPSA) is 112 Å². The Morgan fingerprint density at radius 2 is 1.62 bits per heavy atom. The van der Waals surface area contributed by atoms with E-state index in [4.69, 9.17) is 4.98 Å². The summed E-state index contributed by atoms with van der Waals surface area (Å²) in [5.41, 5.74) is 2.19. The van der Waals surface area contributed by atoms with Gasteiger partial charge in [-0.05, 0) is 80.8 Å². The molecule has 0 saturated heterocycles. The molecule has 4 aromatic rings. The van der Waals surface area contributed by atoms with E-state index in [-0.39, 0.29) is 43.0 Å². The number of nitrogens with one attached hydrogen (secondary N) is 3. The van der Waals surface area contributed by atoms with Gasteiger partial charge in [-0.25, -0.2) is 13.8 Å². The van der Waals surface area contributed by atoms with Crippen molar-refractivity contribution in [2.24, 2.45) is 0 Å². The molecule has 1 unspecified atom stereocenters. The average molecular weight is 617 g/mol. The molecule has 9 nitrogen and oxygen atoms in total. The summed E-state index contributed by atoms with van der Waals surface area (Å²) in [6.07, 6.45) is 0.616. The van der Waals surface area contributed by atoms with E-state index in [1.807, 2.05) is 48.7 Å². The Morgan fingerprint density at radius 3 is 2.31 bits per heavy atom. The number of aliphatic hydroxyl groups excluding tert-OH is 1. The number of fused-ring (bicyclic) bond motifs is 1. The number of carbonyl (C=O) groups excluding carboxylic acids is 2. The van der Waals surface area contributed by atoms with Gasteiger partial charge < -0.3 is 25.2 Å². The molecule has 0 spiro atoms. The van der Waals surface area contributed by atoms with E-state index in [1.54, 1.807) is 29.2 Å². The molecule has 45 heavy (non-hydrogen) atoms. The van der Waals surface area contributed by atoms with Gasteiger partial charge in [0.05, 0.1) is 12.1 Å². The van der Waals surface area contributed by atoms with Crippen molar-refractivity contribution in [2.75, 3.05) is 25.0 Å². The number of aromatic nitrogens is 2. The lowest BCUT2D eigenvalue weighted by Crippen LogP contribution is -2.54. The molecule has 2 amide bonds. The number of hydrogen-bond donors (Lipinski definition) is 4. The van der Waals surface area contributed by atoms with Gasteiger partial charge in [0.1, 0.15) is 35.2 Å². The van der Waals surface area contributed by atoms with Gasteiger partial charge in [-0.1, -0.05) is 30.3 Å². The van der Waals surface area contributed by atoms with Crippen LogP contribution in [-0.2, 0) is 28.1 Å². The second kappa shape index (κ2) is 14.0. The lowest BCUT2D eigenvalue weighted by atomic mass is 9.99. The summed E-state index contributed by atoms with van der Waals surface area (Å²) in [5.74, 6) is -0.0162. The molecule has 0 bridgehead atoms. The van der Waals surface area contributed by atoms with Crippen LogP contribution in [-0.4, -0.2) is 57.2 Å². The number of carbonyl (C=O) groups is 2. The lowest BCUT2D eigenvalue weighted by Gasteiger charge is -2.42. The Bertz CT molecular complexity index is 1610. The maximum absolute atomic E-state index is 13.7. The van der Waals surface area contributed by atoms with Gasteiger partial charge in [0.2, 0.25) is 11.8 Å². The van der Waals surface area contributed by atoms with E-state index >= 15 is 0 Å². The van der Waals surface area contributed by atoms with Crippen LogP contribution in [0.3, 0.4) is 0 Å². The van der Waals surface area contributed by atoms with E-state index in [0.717, 1.165) is 12.0 Å². The number of benzene rings is 3. The Kier molecular flexibility index (Phi) is 9.90. The fourth-order valence-corrected chi connectivity index (χ4v) is 5.54. The molecule has 0 saturated carbocycles. The highest BCUT2D eigenvalue weighted by molar-refractivity contribution is 5.85. The Balaban J connectivity index is 1.21. The minimum Gasteiger partial charge on any atom is -0.379 e. The van der Waals surface area contributed by atoms with Gasteiger partial charge in [0, 0.05) is 37.3 Å². The molecule has 0 fully saturated rings. The second-order valence-electron chi connectivity index (χ2n) is 11.5. The zero-order chi connectivity index (χ0) is 32.0. The summed E-state index contributed by atoms with van der Waals surface area (Å²) < 4.78 is 29.3. The summed E-state index contributed by atoms with van der Waals surface area (Å²) in [4.78, 5) is 32.5. The highest BCUT2D eigenvalue weighted by atomic mass is 19.1. The van der Waals surface area contributed by atoms with Gasteiger partial charge in [-0.2, -0.15) is 0 Å². The number of amides is 2. The maximum atomic E-state index is 13.7. The molecule has 1 aliphatic heterocycles. The van der Waals surface area contributed by atoms with Gasteiger partial charge in [-0.3, -0.25) is 14.9 Å². The number of nitrogens with zero attached hydrogens (tertiary/aromatic N) is 3. The first-order valence-corrected chi connectivity index (χ1v) is 15.0. The van der Waals surface area contributed by atoms with Crippen molar-refractivity contribution in [1.29, 1.82) is 0 Å². The molecule has 3 aromatic carbocycles. The molecule has 0 radical (unpaired) electrons. The van der Waals surface area contributed by atoms with Crippen LogP contribution in [0.15, 0.2) is 78.9 Å². The summed E-state index contributed by atoms with van der Waals surface area (Å²) >= 11 is 0. The Morgan fingerprint density at radius 1 is 0.956 bits per heavy atom. The molecule has 1 atom stereocenters. The van der Waals surface area contributed by atoms with Crippen LogP contribution in [0.1, 0.15) is 38.1 Å². The minimum atomic E-state index is -0.845. The number of aliphatic hydroxyl groups is 1. The van der Waals surface area contributed by atoms with E-state index < -0.39 is 11.8 Å². The first-order valence-electron chi connectivity index (χ1n) is 15.0. The van der Waals surface area contributed by atoms with Crippen molar-refractivity contribution in [2.45, 2.75) is 51.4 Å². The molecule has 4 N–H and O–H groups in total. The van der Waals surface area contributed by atoms with Crippen LogP contribution in [0.4, 0.5) is 20.3 Å². The van der Waals surface area contributed by atoms with E-state index in [0.29, 0.717) is 48.1 Å². The van der Waals surface area contributed by atoms with E-state index in [1.165, 1.54) is 24.3 Å². The number of halogens is 2. The molecule has 5 rings (SSSR count). The van der Waals surface area contributed by atoms with Crippen molar-refractivity contribution in [1.82, 2.24) is 25.1 Å². The third-order valence-corrected chi connectivity index (χ3v) is 7.98. The largest absolute Gasteiger partial charge is 0.379 e. The van der Waals surface area contributed by atoms with Crippen molar-refractivity contribution < 1.29 is 23.5 Å². The highest BCUT2D eigenvalue weighted by Crippen LogP contribution is 2.39. The van der Waals surface area contributed by atoms with Crippen molar-refractivity contribution in [3.05, 3.63) is 102 Å². The molecular weight excluding hydrogens is 578 g/mol. The zero-order valence-corrected chi connectivity index (χ0v) is 25.4. The zero-order valence-electron chi connectivity index (χ0n) is 25.4. The average Bonchev–Trinajstić information content (AvgIpc) is 3.40. The lowest BCUT2D eigenvalue weighted by molar-refractivity contribution is -0.139. The Hall–Kier alpha value is -4.61. The number of anilines is 2. The molecule has 2 heterocycles. The SMILES string of the molecule is CC1(C)c2nc(-c3ccc(F)cc3)c(Nc3ccc(F)cc3)n2CCN1C(=O)CNC(=O)CCNC(O)CCc1ccccc1. The van der Waals surface area contributed by atoms with Gasteiger partial charge in [0.15, 0.2) is 0 Å². The number of hydrogen-bond acceptors (Lipinski definition) is 6. The van der Waals surface area contributed by atoms with Crippen LogP contribution >= 0.6 is 0 Å². The molecule has 1 aromatic heterocycles. The van der Waals surface area contributed by atoms with Crippen molar-refractivity contribution in [3.63, 3.8) is 0 Å². The highest BCUT2D eigenvalue weighted by Gasteiger charge is 2.41. The van der Waals surface area contributed by atoms with E-state index in [2.05, 4.69) is 16.0 Å². The first-order chi connectivity index (χ1) is 21.6. The third kappa shape index (κ3) is 7.73. The van der Waals surface area contributed by atoms with Crippen molar-refractivity contribution >= 4 is 23.3 Å². The number of aryl methyl sites for hydroxylation is 1. The fraction of sp³-hybridized carbons (Fsp3) is 0.324. The normalized spacial score (nSPS) is 14.5. The third-order valence-electron chi connectivity index (χ3n) is 7.98. The summed E-state index contributed by atoms with van der Waals surface area (Å²) in [6, 6.07) is 21.8. The van der Waals surface area contributed by atoms with Crippen molar-refractivity contribution in [3.8, 4) is 11.3 Å². The predicted octanol–water partition coefficient (Wildman–Crippen LogP) is 4.70. The van der Waals surface area contributed by atoms with Crippen LogP contribution in [0.5, 0.6) is 0 Å². The molecule has 11 heteroatoms. The minimum absolute atomic E-state index is 0.114. The summed E-state index contributed by atoms with van der Waals surface area (Å²) in [5, 5.41) is 19.2. The number of rotatable bonds is 12. The van der Waals surface area contributed by atoms with Gasteiger partial charge >= 0.3 is 0 Å². The Labute approximate surface area is 261 Å². The predicted molar refractivity (Wildman–Crippen MR) is 168 cm³/mol. The van der Waals surface area contributed by atoms with E-state index in [9.17, 15) is 23.5 Å². The van der Waals surface area contributed by atoms with Crippen LogP contribution < -0.4 is 16.0 Å². The quantitative estimate of drug-likeness (QED) is 0.172. The molecule has 1 aliphatic rings. The monoisotopic (exact) mass is 616 g/mol. The number of imidazole rings is 1. The van der Waals surface area contributed by atoms with Crippen LogP contribution in [0, 0.1) is 11.6 Å². The molecule has 0 aliphatic carbocycles. The van der Waals surface area contributed by atoms with Crippen LogP contribution in [0.2, 0.25) is 0 Å². The first kappa shape index (κ1) is 31.8.